The fourth-order valence-electron chi connectivity index (χ4n) is 4.27. The number of benzene rings is 2. The van der Waals surface area contributed by atoms with Gasteiger partial charge in [0.05, 0.1) is 38.0 Å². The van der Waals surface area contributed by atoms with Gasteiger partial charge >= 0.3 is 5.97 Å². The average molecular weight is 492 g/mol. The first-order valence-electron chi connectivity index (χ1n) is 11.4. The molecule has 0 radical (unpaired) electrons. The van der Waals surface area contributed by atoms with Crippen molar-refractivity contribution in [3.05, 3.63) is 88.1 Å². The first-order valence-corrected chi connectivity index (χ1v) is 12.3. The third-order valence-corrected chi connectivity index (χ3v) is 6.95. The Labute approximate surface area is 210 Å². The van der Waals surface area contributed by atoms with Crippen molar-refractivity contribution >= 4 is 28.8 Å². The van der Waals surface area contributed by atoms with Gasteiger partial charge < -0.3 is 19.3 Å². The molecule has 0 saturated carbocycles. The maximum absolute atomic E-state index is 13.2. The molecule has 2 heterocycles. The summed E-state index contributed by atoms with van der Waals surface area (Å²) in [4.78, 5) is 34.7. The summed E-state index contributed by atoms with van der Waals surface area (Å²) in [6.45, 7) is 2.49. The summed E-state index contributed by atoms with van der Waals surface area (Å²) in [5, 5.41) is 2.70. The lowest BCUT2D eigenvalue weighted by Crippen LogP contribution is -2.38. The van der Waals surface area contributed by atoms with Crippen LogP contribution < -0.4 is 4.74 Å². The van der Waals surface area contributed by atoms with Crippen molar-refractivity contribution < 1.29 is 19.1 Å². The van der Waals surface area contributed by atoms with E-state index >= 15 is 0 Å². The molecule has 2 aromatic carbocycles. The van der Waals surface area contributed by atoms with E-state index in [1.165, 1.54) is 18.9 Å². The van der Waals surface area contributed by atoms with Crippen LogP contribution in [0.4, 0.5) is 0 Å². The number of hydrogen-bond donors (Lipinski definition) is 0. The van der Waals surface area contributed by atoms with E-state index < -0.39 is 12.0 Å². The second-order valence-corrected chi connectivity index (χ2v) is 9.12. The number of allylic oxidation sites excluding steroid dienone is 1. The third-order valence-electron chi connectivity index (χ3n) is 6.06. The number of carbonyl (C=O) groups is 2. The van der Waals surface area contributed by atoms with Crippen molar-refractivity contribution in [1.82, 2.24) is 9.80 Å². The van der Waals surface area contributed by atoms with E-state index in [9.17, 15) is 9.59 Å². The van der Waals surface area contributed by atoms with Gasteiger partial charge in [0.2, 0.25) is 5.91 Å². The summed E-state index contributed by atoms with van der Waals surface area (Å²) >= 11 is 1.47. The Morgan fingerprint density at radius 3 is 2.57 bits per heavy atom. The smallest absolute Gasteiger partial charge is 0.338 e. The summed E-state index contributed by atoms with van der Waals surface area (Å²) in [7, 11) is 4.79. The molecular weight excluding hydrogens is 462 g/mol. The minimum atomic E-state index is -0.478. The predicted molar refractivity (Wildman–Crippen MR) is 138 cm³/mol. The standard InChI is InChI=1S/C27H29N3O4S/c1-5-22-24(26(32)34-4)25(19-12-9-13-21(14-19)33-3)30-20(17-35-27(30)28-22)15-23(31)29(2)16-18-10-7-6-8-11-18/h6-14,17,25H,5,15-16H2,1-4H3/t25-/m0/s1. The second kappa shape index (κ2) is 10.8. The fourth-order valence-corrected chi connectivity index (χ4v) is 5.21. The van der Waals surface area contributed by atoms with E-state index in [1.54, 1.807) is 19.1 Å². The van der Waals surface area contributed by atoms with E-state index in [0.717, 1.165) is 22.0 Å². The van der Waals surface area contributed by atoms with E-state index in [2.05, 4.69) is 0 Å². The minimum absolute atomic E-state index is 0.0174. The monoisotopic (exact) mass is 491 g/mol. The molecule has 0 spiro atoms. The SMILES string of the molecule is CCC1=C(C(=O)OC)[C@H](c2cccc(OC)c2)N2C(CC(=O)N(C)Cc3ccccc3)=CSC2=N1. The molecule has 1 amide bonds. The van der Waals surface area contributed by atoms with Crippen LogP contribution in [0.2, 0.25) is 0 Å². The minimum Gasteiger partial charge on any atom is -0.497 e. The highest BCUT2D eigenvalue weighted by Gasteiger charge is 2.41. The lowest BCUT2D eigenvalue weighted by atomic mass is 9.92. The molecule has 0 aromatic heterocycles. The van der Waals surface area contributed by atoms with E-state index in [-0.39, 0.29) is 12.3 Å². The van der Waals surface area contributed by atoms with Gasteiger partial charge in [-0.3, -0.25) is 4.79 Å². The van der Waals surface area contributed by atoms with Crippen molar-refractivity contribution in [3.63, 3.8) is 0 Å². The number of rotatable bonds is 8. The molecule has 0 bridgehead atoms. The maximum Gasteiger partial charge on any atom is 0.338 e. The van der Waals surface area contributed by atoms with Crippen LogP contribution in [0.25, 0.3) is 0 Å². The first-order chi connectivity index (χ1) is 17.0. The highest BCUT2D eigenvalue weighted by Crippen LogP contribution is 2.46. The van der Waals surface area contributed by atoms with Gasteiger partial charge in [-0.25, -0.2) is 9.79 Å². The van der Waals surface area contributed by atoms with Gasteiger partial charge in [0.1, 0.15) is 5.75 Å². The normalized spacial score (nSPS) is 16.9. The predicted octanol–water partition coefficient (Wildman–Crippen LogP) is 4.88. The molecule has 0 unspecified atom stereocenters. The molecule has 1 atom stereocenters. The number of nitrogens with zero attached hydrogens (tertiary/aromatic N) is 3. The Bertz CT molecular complexity index is 1210. The highest BCUT2D eigenvalue weighted by atomic mass is 32.2. The number of carbonyl (C=O) groups excluding carboxylic acids is 2. The van der Waals surface area contributed by atoms with E-state index in [1.807, 2.05) is 71.8 Å². The number of amidine groups is 1. The zero-order valence-electron chi connectivity index (χ0n) is 20.4. The van der Waals surface area contributed by atoms with Crippen molar-refractivity contribution in [1.29, 1.82) is 0 Å². The Hall–Kier alpha value is -3.52. The average Bonchev–Trinajstić information content (AvgIpc) is 3.29. The van der Waals surface area contributed by atoms with Crippen LogP contribution in [0.5, 0.6) is 5.75 Å². The van der Waals surface area contributed by atoms with Crippen LogP contribution in [0, 0.1) is 0 Å². The lowest BCUT2D eigenvalue weighted by Gasteiger charge is -2.37. The van der Waals surface area contributed by atoms with Gasteiger partial charge in [-0.15, -0.1) is 0 Å². The van der Waals surface area contributed by atoms with Crippen LogP contribution in [-0.2, 0) is 20.9 Å². The van der Waals surface area contributed by atoms with Crippen LogP contribution >= 0.6 is 11.8 Å². The van der Waals surface area contributed by atoms with Crippen molar-refractivity contribution in [2.45, 2.75) is 32.4 Å². The second-order valence-electron chi connectivity index (χ2n) is 8.29. The zero-order chi connectivity index (χ0) is 24.9. The van der Waals surface area contributed by atoms with Crippen molar-refractivity contribution in [2.75, 3.05) is 21.3 Å². The largest absolute Gasteiger partial charge is 0.497 e. The Kier molecular flexibility index (Phi) is 7.60. The molecule has 2 aliphatic rings. The summed E-state index contributed by atoms with van der Waals surface area (Å²) in [6.07, 6.45) is 0.766. The van der Waals surface area contributed by atoms with Gasteiger partial charge in [-0.05, 0) is 35.1 Å². The Morgan fingerprint density at radius 1 is 1.11 bits per heavy atom. The van der Waals surface area contributed by atoms with Crippen LogP contribution in [0.1, 0.15) is 36.9 Å². The molecule has 0 saturated heterocycles. The first kappa shape index (κ1) is 24.6. The highest BCUT2D eigenvalue weighted by molar-refractivity contribution is 8.16. The van der Waals surface area contributed by atoms with Crippen LogP contribution in [0.15, 0.2) is 82.0 Å². The molecule has 182 valence electrons. The number of ether oxygens (including phenoxy) is 2. The van der Waals surface area contributed by atoms with Gasteiger partial charge in [-0.2, -0.15) is 0 Å². The molecule has 2 aromatic rings. The molecule has 8 heteroatoms. The number of fused-ring (bicyclic) bond motifs is 1. The third kappa shape index (κ3) is 5.12. The summed E-state index contributed by atoms with van der Waals surface area (Å²) < 4.78 is 10.6. The quantitative estimate of drug-likeness (QED) is 0.490. The van der Waals surface area contributed by atoms with E-state index in [0.29, 0.717) is 30.0 Å². The molecule has 35 heavy (non-hydrogen) atoms. The van der Waals surface area contributed by atoms with Crippen LogP contribution in [-0.4, -0.2) is 48.1 Å². The van der Waals surface area contributed by atoms with Gasteiger partial charge in [0, 0.05) is 19.3 Å². The summed E-state index contributed by atoms with van der Waals surface area (Å²) in [6, 6.07) is 17.0. The Balaban J connectivity index is 1.67. The molecular formula is C27H29N3O4S. The number of amides is 1. The maximum atomic E-state index is 13.2. The summed E-state index contributed by atoms with van der Waals surface area (Å²) in [5.41, 5.74) is 3.89. The molecule has 4 rings (SSSR count). The van der Waals surface area contributed by atoms with Crippen molar-refractivity contribution in [3.8, 4) is 5.75 Å². The topological polar surface area (TPSA) is 71.4 Å². The van der Waals surface area contributed by atoms with Crippen LogP contribution in [0.3, 0.4) is 0 Å². The number of methoxy groups -OCH3 is 2. The molecule has 0 N–H and O–H groups in total. The van der Waals surface area contributed by atoms with Gasteiger partial charge in [0.15, 0.2) is 5.17 Å². The van der Waals surface area contributed by atoms with Crippen molar-refractivity contribution in [2.24, 2.45) is 4.99 Å². The molecule has 0 aliphatic carbocycles. The molecule has 2 aliphatic heterocycles. The Morgan fingerprint density at radius 2 is 1.89 bits per heavy atom. The fraction of sp³-hybridized carbons (Fsp3) is 0.296. The number of esters is 1. The number of hydrogen-bond acceptors (Lipinski definition) is 7. The number of thioether (sulfide) groups is 1. The van der Waals surface area contributed by atoms with Gasteiger partial charge in [-0.1, -0.05) is 61.2 Å². The molecule has 0 fully saturated rings. The lowest BCUT2D eigenvalue weighted by molar-refractivity contribution is -0.136. The zero-order valence-corrected chi connectivity index (χ0v) is 21.2. The van der Waals surface area contributed by atoms with Gasteiger partial charge in [0.25, 0.3) is 0 Å². The summed E-state index contributed by atoms with van der Waals surface area (Å²) in [5.74, 6) is 0.238. The molecule has 7 nitrogen and oxygen atoms in total. The van der Waals surface area contributed by atoms with E-state index in [4.69, 9.17) is 14.5 Å². The number of aliphatic imine (C=N–C) groups is 1.